The van der Waals surface area contributed by atoms with Gasteiger partial charge in [-0.15, -0.1) is 0 Å². The molecule has 1 saturated heterocycles. The van der Waals surface area contributed by atoms with Crippen molar-refractivity contribution in [3.63, 3.8) is 0 Å². The van der Waals surface area contributed by atoms with Crippen LogP contribution in [-0.2, 0) is 17.6 Å². The molecule has 0 unspecified atom stereocenters. The Morgan fingerprint density at radius 1 is 0.956 bits per heavy atom. The Balaban J connectivity index is 1.23. The van der Waals surface area contributed by atoms with E-state index in [-0.39, 0.29) is 23.8 Å². The van der Waals surface area contributed by atoms with Crippen molar-refractivity contribution in [3.05, 3.63) is 101 Å². The lowest BCUT2D eigenvalue weighted by Crippen LogP contribution is -2.58. The monoisotopic (exact) mass is 626 g/mol. The average molecular weight is 627 g/mol. The molecule has 2 aliphatic rings. The van der Waals surface area contributed by atoms with Crippen molar-refractivity contribution in [2.45, 2.75) is 18.9 Å². The van der Waals surface area contributed by atoms with Crippen LogP contribution in [0.1, 0.15) is 21.5 Å². The van der Waals surface area contributed by atoms with Gasteiger partial charge in [-0.05, 0) is 74.0 Å². The molecule has 2 atom stereocenters. The largest absolute Gasteiger partial charge is 0.361 e. The zero-order valence-corrected chi connectivity index (χ0v) is 26.5. The number of piperazine rings is 1. The minimum Gasteiger partial charge on any atom is -0.361 e. The molecule has 2 aliphatic heterocycles. The van der Waals surface area contributed by atoms with Crippen LogP contribution in [0.15, 0.2) is 79.0 Å². The van der Waals surface area contributed by atoms with Crippen LogP contribution >= 0.6 is 11.6 Å². The highest BCUT2D eigenvalue weighted by Gasteiger charge is 2.35. The molecule has 3 heterocycles. The number of benzene rings is 3. The van der Waals surface area contributed by atoms with E-state index < -0.39 is 6.04 Å². The lowest BCUT2D eigenvalue weighted by molar-refractivity contribution is -0.120. The van der Waals surface area contributed by atoms with Crippen LogP contribution in [-0.4, -0.2) is 96.9 Å². The van der Waals surface area contributed by atoms with Crippen molar-refractivity contribution in [1.29, 1.82) is 0 Å². The first-order chi connectivity index (χ1) is 21.8. The third-order valence-electron chi connectivity index (χ3n) is 8.74. The number of hydrogen-bond acceptors (Lipinski definition) is 4. The third kappa shape index (κ3) is 6.84. The zero-order valence-electron chi connectivity index (χ0n) is 25.7. The molecule has 0 spiro atoms. The number of anilines is 1. The number of carbonyl (C=O) groups is 3. The Kier molecular flexibility index (Phi) is 9.09. The summed E-state index contributed by atoms with van der Waals surface area (Å²) < 4.78 is 0. The molecule has 0 radical (unpaired) electrons. The topological polar surface area (TPSA) is 92.0 Å². The summed E-state index contributed by atoms with van der Waals surface area (Å²) in [5, 5.41) is 4.76. The molecule has 0 aliphatic carbocycles. The van der Waals surface area contributed by atoms with Crippen LogP contribution in [0.2, 0.25) is 5.02 Å². The van der Waals surface area contributed by atoms with E-state index >= 15 is 0 Å². The molecule has 10 heteroatoms. The summed E-state index contributed by atoms with van der Waals surface area (Å²) in [6.45, 7) is 2.99. The number of aromatic nitrogens is 1. The van der Waals surface area contributed by atoms with Gasteiger partial charge in [0.25, 0.3) is 5.91 Å². The molecular weight excluding hydrogens is 588 g/mol. The van der Waals surface area contributed by atoms with Crippen molar-refractivity contribution in [2.24, 2.45) is 5.92 Å². The number of fused-ring (bicyclic) bond motifs is 2. The van der Waals surface area contributed by atoms with Gasteiger partial charge in [-0.1, -0.05) is 48.0 Å². The number of nitrogens with zero attached hydrogens (tertiary/aromatic N) is 4. The van der Waals surface area contributed by atoms with Crippen molar-refractivity contribution < 1.29 is 14.4 Å². The van der Waals surface area contributed by atoms with E-state index in [0.29, 0.717) is 49.7 Å². The molecule has 1 aromatic heterocycles. The van der Waals surface area contributed by atoms with Gasteiger partial charge in [-0.3, -0.25) is 9.59 Å². The number of hydrogen-bond donors (Lipinski definition) is 2. The fourth-order valence-electron chi connectivity index (χ4n) is 6.59. The molecule has 0 saturated carbocycles. The Labute approximate surface area is 268 Å². The number of carbonyl (C=O) groups excluding carboxylic acids is 3. The summed E-state index contributed by atoms with van der Waals surface area (Å²) in [5.41, 5.74) is 4.44. The second-order valence-electron chi connectivity index (χ2n) is 12.3. The summed E-state index contributed by atoms with van der Waals surface area (Å²) in [6, 6.07) is 21.7. The Bertz CT molecular complexity index is 1680. The highest BCUT2D eigenvalue weighted by molar-refractivity contribution is 6.30. The smallest absolute Gasteiger partial charge is 0.318 e. The summed E-state index contributed by atoms with van der Waals surface area (Å²) in [5.74, 6) is 0.0207. The van der Waals surface area contributed by atoms with Crippen molar-refractivity contribution in [2.75, 3.05) is 58.3 Å². The van der Waals surface area contributed by atoms with Gasteiger partial charge < -0.3 is 29.9 Å². The fourth-order valence-corrected chi connectivity index (χ4v) is 6.78. The highest BCUT2D eigenvalue weighted by Crippen LogP contribution is 2.33. The Hall–Kier alpha value is -4.34. The van der Waals surface area contributed by atoms with Gasteiger partial charge in [-0.2, -0.15) is 0 Å². The number of halogens is 1. The average Bonchev–Trinajstić information content (AvgIpc) is 3.46. The normalized spacial score (nSPS) is 17.3. The Morgan fingerprint density at radius 3 is 2.42 bits per heavy atom. The maximum atomic E-state index is 14.5. The molecule has 9 nitrogen and oxygen atoms in total. The first kappa shape index (κ1) is 30.7. The van der Waals surface area contributed by atoms with E-state index in [2.05, 4.69) is 15.2 Å². The van der Waals surface area contributed by atoms with E-state index in [9.17, 15) is 14.4 Å². The number of para-hydroxylation sites is 1. The molecular formula is C35H39ClN6O3. The standard InChI is InChI=1S/C35H39ClN6O3/c1-39(2)22-24-18-26-19-28(36)12-13-32(26)42(23-24)34(44)31(20-27-21-37-30-11-7-6-10-29(27)30)38-35(45)41-16-14-40(15-17-41)33(43)25-8-4-3-5-9-25/h3-13,19,21,24,31,37H,14-18,20,22-23H2,1-2H3,(H,38,45)/t24-,31+/m0/s1. The second kappa shape index (κ2) is 13.3. The van der Waals surface area contributed by atoms with E-state index in [1.807, 2.05) is 85.9 Å². The maximum absolute atomic E-state index is 14.5. The minimum absolute atomic E-state index is 0.0424. The third-order valence-corrected chi connectivity index (χ3v) is 8.98. The molecule has 234 valence electrons. The van der Waals surface area contributed by atoms with Gasteiger partial charge in [0, 0.05) is 79.1 Å². The first-order valence-corrected chi connectivity index (χ1v) is 15.8. The van der Waals surface area contributed by atoms with Crippen LogP contribution in [0.4, 0.5) is 10.5 Å². The van der Waals surface area contributed by atoms with Crippen LogP contribution < -0.4 is 10.2 Å². The van der Waals surface area contributed by atoms with Crippen molar-refractivity contribution in [3.8, 4) is 0 Å². The van der Waals surface area contributed by atoms with Gasteiger partial charge in [0.2, 0.25) is 5.91 Å². The molecule has 2 N–H and O–H groups in total. The summed E-state index contributed by atoms with van der Waals surface area (Å²) >= 11 is 6.39. The van der Waals surface area contributed by atoms with Gasteiger partial charge in [-0.25, -0.2) is 4.79 Å². The SMILES string of the molecule is CN(C)C[C@@H]1Cc2cc(Cl)ccc2N(C(=O)[C@@H](Cc2c[nH]c3ccccc23)NC(=O)N2CCN(C(=O)c3ccccc3)CC2)C1. The molecule has 4 amide bonds. The molecule has 3 aromatic carbocycles. The molecule has 1 fully saturated rings. The number of amides is 4. The van der Waals surface area contributed by atoms with Gasteiger partial charge >= 0.3 is 6.03 Å². The van der Waals surface area contributed by atoms with Gasteiger partial charge in [0.1, 0.15) is 6.04 Å². The minimum atomic E-state index is -0.803. The quantitative estimate of drug-likeness (QED) is 0.312. The number of H-pyrrole nitrogens is 1. The van der Waals surface area contributed by atoms with E-state index in [1.165, 1.54) is 0 Å². The van der Waals surface area contributed by atoms with Gasteiger partial charge in [0.15, 0.2) is 0 Å². The van der Waals surface area contributed by atoms with Crippen molar-refractivity contribution >= 4 is 46.0 Å². The van der Waals surface area contributed by atoms with E-state index in [0.717, 1.165) is 40.7 Å². The van der Waals surface area contributed by atoms with Crippen molar-refractivity contribution in [1.82, 2.24) is 25.0 Å². The number of rotatable bonds is 7. The number of aromatic amines is 1. The molecule has 4 aromatic rings. The molecule has 0 bridgehead atoms. The fraction of sp³-hybridized carbons (Fsp3) is 0.343. The lowest BCUT2D eigenvalue weighted by Gasteiger charge is -2.39. The van der Waals surface area contributed by atoms with Crippen LogP contribution in [0.25, 0.3) is 10.9 Å². The first-order valence-electron chi connectivity index (χ1n) is 15.5. The van der Waals surface area contributed by atoms with Gasteiger partial charge in [0.05, 0.1) is 0 Å². The zero-order chi connectivity index (χ0) is 31.5. The van der Waals surface area contributed by atoms with E-state index in [4.69, 9.17) is 11.6 Å². The predicted molar refractivity (Wildman–Crippen MR) is 178 cm³/mol. The summed E-state index contributed by atoms with van der Waals surface area (Å²) in [7, 11) is 4.07. The maximum Gasteiger partial charge on any atom is 0.318 e. The van der Waals surface area contributed by atoms with Crippen LogP contribution in [0.5, 0.6) is 0 Å². The lowest BCUT2D eigenvalue weighted by atomic mass is 9.91. The van der Waals surface area contributed by atoms with Crippen LogP contribution in [0, 0.1) is 5.92 Å². The molecule has 6 rings (SSSR count). The Morgan fingerprint density at radius 2 is 1.67 bits per heavy atom. The van der Waals surface area contributed by atoms with E-state index in [1.54, 1.807) is 21.9 Å². The predicted octanol–water partition coefficient (Wildman–Crippen LogP) is 4.67. The summed E-state index contributed by atoms with van der Waals surface area (Å²) in [6.07, 6.45) is 3.08. The van der Waals surface area contributed by atoms with Crippen LogP contribution in [0.3, 0.4) is 0 Å². The highest BCUT2D eigenvalue weighted by atomic mass is 35.5. The number of urea groups is 1. The molecule has 45 heavy (non-hydrogen) atoms. The second-order valence-corrected chi connectivity index (χ2v) is 12.7. The summed E-state index contributed by atoms with van der Waals surface area (Å²) in [4.78, 5) is 52.0. The number of nitrogens with one attached hydrogen (secondary N) is 2.